The van der Waals surface area contributed by atoms with Gasteiger partial charge < -0.3 is 0 Å². The third-order valence-corrected chi connectivity index (χ3v) is 4.15. The number of hydrogen-bond acceptors (Lipinski definition) is 2. The van der Waals surface area contributed by atoms with Crippen LogP contribution < -0.4 is 5.73 Å². The summed E-state index contributed by atoms with van der Waals surface area (Å²) in [5.74, 6) is 1.17. The molecule has 6 heavy (non-hydrogen) atoms. The van der Waals surface area contributed by atoms with Gasteiger partial charge in [0, 0.05) is 0 Å². The second-order valence-electron chi connectivity index (χ2n) is 0.697. The van der Waals surface area contributed by atoms with Gasteiger partial charge in [0.1, 0.15) is 0 Å². The Morgan fingerprint density at radius 1 is 1.67 bits per heavy atom. The van der Waals surface area contributed by atoms with E-state index in [-0.39, 0.29) is 12.4 Å². The predicted molar refractivity (Wildman–Crippen MR) is 28.8 cm³/mol. The quantitative estimate of drug-likeness (QED) is 0.754. The summed E-state index contributed by atoms with van der Waals surface area (Å²) in [6, 6.07) is 0. The second-order valence-corrected chi connectivity index (χ2v) is 6.27. The number of hydrogen-bond donors (Lipinski definition) is 1. The van der Waals surface area contributed by atoms with Crippen molar-refractivity contribution in [2.45, 2.75) is 0 Å². The topological polar surface area (TPSA) is 26.0 Å². The van der Waals surface area contributed by atoms with Crippen LogP contribution in [0.25, 0.3) is 0 Å². The van der Waals surface area contributed by atoms with Crippen molar-refractivity contribution in [2.24, 2.45) is 5.73 Å². The van der Waals surface area contributed by atoms with E-state index in [1.54, 1.807) is 0 Å². The summed E-state index contributed by atoms with van der Waals surface area (Å²) in [6.45, 7) is 0.855. The number of nitrogens with two attached hydrogens (primary N) is 1. The van der Waals surface area contributed by atoms with Crippen LogP contribution in [-0.2, 0) is 24.6 Å². The summed E-state index contributed by atoms with van der Waals surface area (Å²) in [5, 5.41) is 0. The molecule has 0 fully saturated rings. The Hall–Kier alpha value is 1.54. The van der Waals surface area contributed by atoms with Crippen molar-refractivity contribution < 1.29 is 24.6 Å². The van der Waals surface area contributed by atoms with E-state index in [0.717, 1.165) is 31.2 Å². The molecule has 0 saturated carbocycles. The van der Waals surface area contributed by atoms with E-state index in [9.17, 15) is 0 Å². The molecule has 35 valence electrons. The summed E-state index contributed by atoms with van der Waals surface area (Å²) in [7, 11) is 1.97. The van der Waals surface area contributed by atoms with Crippen LogP contribution in [0.4, 0.5) is 0 Å². The van der Waals surface area contributed by atoms with Gasteiger partial charge in [0.15, 0.2) is 0 Å². The van der Waals surface area contributed by atoms with Crippen LogP contribution in [0.1, 0.15) is 0 Å². The normalized spacial score (nSPS) is 7.17. The molecule has 0 amide bonds. The van der Waals surface area contributed by atoms with Crippen molar-refractivity contribution >= 4 is 20.6 Å². The maximum absolute atomic E-state index is 5.15. The van der Waals surface area contributed by atoms with Crippen molar-refractivity contribution in [2.75, 3.05) is 12.3 Å². The van der Waals surface area contributed by atoms with E-state index >= 15 is 0 Å². The molecule has 0 bridgehead atoms. The SMILES string of the molecule is Cl.NCC[S][Hg]. The van der Waals surface area contributed by atoms with Gasteiger partial charge in [-0.1, -0.05) is 0 Å². The molecule has 0 aliphatic heterocycles. The molecule has 0 aromatic heterocycles. The van der Waals surface area contributed by atoms with E-state index in [4.69, 9.17) is 5.73 Å². The first-order chi connectivity index (χ1) is 2.41. The molecule has 0 atom stereocenters. The Balaban J connectivity index is 0. The van der Waals surface area contributed by atoms with Gasteiger partial charge >= 0.3 is 50.9 Å². The Bertz CT molecular complexity index is 21.0. The fourth-order valence-electron chi connectivity index (χ4n) is 0.0833. The van der Waals surface area contributed by atoms with Gasteiger partial charge in [0.25, 0.3) is 0 Å². The zero-order valence-electron chi connectivity index (χ0n) is 3.52. The molecule has 0 aromatic rings. The van der Waals surface area contributed by atoms with Crippen LogP contribution in [0.3, 0.4) is 0 Å². The summed E-state index contributed by atoms with van der Waals surface area (Å²) in [5.41, 5.74) is 5.15. The zero-order chi connectivity index (χ0) is 4.12. The maximum atomic E-state index is 5.15. The molecule has 0 aromatic carbocycles. The monoisotopic (exact) mass is 314 g/mol. The summed E-state index contributed by atoms with van der Waals surface area (Å²) in [6.07, 6.45) is 0. The van der Waals surface area contributed by atoms with E-state index in [2.05, 4.69) is 0 Å². The molecule has 0 rings (SSSR count). The van der Waals surface area contributed by atoms with Crippen LogP contribution in [0, 0.1) is 0 Å². The van der Waals surface area contributed by atoms with Crippen molar-refractivity contribution in [1.82, 2.24) is 0 Å². The first-order valence-electron chi connectivity index (χ1n) is 1.49. The number of halogens is 1. The summed E-state index contributed by atoms with van der Waals surface area (Å²) < 4.78 is 0. The van der Waals surface area contributed by atoms with Crippen molar-refractivity contribution in [3.63, 3.8) is 0 Å². The minimum atomic E-state index is 0. The molecular weight excluding hydrogens is 306 g/mol. The van der Waals surface area contributed by atoms with Crippen molar-refractivity contribution in [3.05, 3.63) is 0 Å². The first-order valence-corrected chi connectivity index (χ1v) is 9.37. The van der Waals surface area contributed by atoms with E-state index < -0.39 is 0 Å². The second kappa shape index (κ2) is 9.73. The Labute approximate surface area is 62.9 Å². The minimum absolute atomic E-state index is 0. The van der Waals surface area contributed by atoms with Crippen molar-refractivity contribution in [3.8, 4) is 0 Å². The van der Waals surface area contributed by atoms with Gasteiger partial charge in [-0.15, -0.1) is 12.4 Å². The molecule has 1 nitrogen and oxygen atoms in total. The van der Waals surface area contributed by atoms with Crippen LogP contribution in [0.5, 0.6) is 0 Å². The molecule has 0 aliphatic rings. The average Bonchev–Trinajstić information content (AvgIpc) is 1.41. The Morgan fingerprint density at radius 2 is 2.17 bits per heavy atom. The van der Waals surface area contributed by atoms with Gasteiger partial charge in [-0.05, 0) is 0 Å². The molecule has 0 radical (unpaired) electrons. The molecule has 4 heteroatoms. The molecule has 0 unspecified atom stereocenters. The van der Waals surface area contributed by atoms with E-state index in [1.165, 1.54) is 5.75 Å². The zero-order valence-corrected chi connectivity index (χ0v) is 10.6. The van der Waals surface area contributed by atoms with Gasteiger partial charge in [-0.3, -0.25) is 0 Å². The third-order valence-electron chi connectivity index (χ3n) is 0.262. The fraction of sp³-hybridized carbons (Fsp3) is 1.00. The van der Waals surface area contributed by atoms with Gasteiger partial charge in [-0.25, -0.2) is 0 Å². The van der Waals surface area contributed by atoms with Crippen LogP contribution in [-0.4, -0.2) is 12.3 Å². The molecule has 0 spiro atoms. The Morgan fingerprint density at radius 3 is 2.17 bits per heavy atom. The number of rotatable bonds is 2. The van der Waals surface area contributed by atoms with E-state index in [1.807, 2.05) is 8.24 Å². The molecule has 0 heterocycles. The van der Waals surface area contributed by atoms with Crippen LogP contribution >= 0.6 is 20.6 Å². The molecular formula is C2H7ClHgNS. The summed E-state index contributed by atoms with van der Waals surface area (Å²) >= 11 is 0.910. The van der Waals surface area contributed by atoms with Gasteiger partial charge in [0.2, 0.25) is 0 Å². The average molecular weight is 313 g/mol. The van der Waals surface area contributed by atoms with Gasteiger partial charge in [-0.2, -0.15) is 0 Å². The third kappa shape index (κ3) is 9.11. The Kier molecular flexibility index (Phi) is 17.0. The standard InChI is InChI=1S/C2H7NS.ClH.Hg/c3-1-2-4;;/h4H,1-3H2;1H;/q;;+1/p-1. The summed E-state index contributed by atoms with van der Waals surface area (Å²) in [4.78, 5) is 0. The predicted octanol–water partition coefficient (Wildman–Crippen LogP) is 0.562. The van der Waals surface area contributed by atoms with E-state index in [0.29, 0.717) is 0 Å². The van der Waals surface area contributed by atoms with Crippen LogP contribution in [0.2, 0.25) is 0 Å². The molecule has 2 N–H and O–H groups in total. The van der Waals surface area contributed by atoms with Crippen molar-refractivity contribution in [1.29, 1.82) is 0 Å². The first kappa shape index (κ1) is 10.5. The molecule has 0 aliphatic carbocycles. The molecule has 0 saturated heterocycles. The van der Waals surface area contributed by atoms with Gasteiger partial charge in [0.05, 0.1) is 0 Å². The fourth-order valence-corrected chi connectivity index (χ4v) is 2.19. The van der Waals surface area contributed by atoms with Crippen LogP contribution in [0.15, 0.2) is 0 Å².